The summed E-state index contributed by atoms with van der Waals surface area (Å²) in [5.74, 6) is 0.117. The van der Waals surface area contributed by atoms with Gasteiger partial charge in [-0.15, -0.1) is 0 Å². The molecule has 1 fully saturated rings. The van der Waals surface area contributed by atoms with Crippen molar-refractivity contribution in [3.8, 4) is 0 Å². The lowest BCUT2D eigenvalue weighted by molar-refractivity contribution is -0.125. The van der Waals surface area contributed by atoms with E-state index >= 15 is 0 Å². The Morgan fingerprint density at radius 3 is 2.73 bits per heavy atom. The van der Waals surface area contributed by atoms with E-state index in [0.717, 1.165) is 25.7 Å². The van der Waals surface area contributed by atoms with Gasteiger partial charge in [-0.2, -0.15) is 0 Å². The molecule has 88 valence electrons. The maximum absolute atomic E-state index is 11.6. The third kappa shape index (κ3) is 3.80. The molecule has 0 saturated heterocycles. The van der Waals surface area contributed by atoms with Gasteiger partial charge >= 0.3 is 0 Å². The number of nitrogens with two attached hydrogens (primary N) is 1. The zero-order chi connectivity index (χ0) is 11.3. The van der Waals surface area contributed by atoms with E-state index in [9.17, 15) is 4.79 Å². The summed E-state index contributed by atoms with van der Waals surface area (Å²) in [5.41, 5.74) is 5.39. The highest BCUT2D eigenvalue weighted by Crippen LogP contribution is 2.44. The average Bonchev–Trinajstić information content (AvgIpc) is 3.03. The summed E-state index contributed by atoms with van der Waals surface area (Å²) in [6.07, 6.45) is 3.79. The van der Waals surface area contributed by atoms with Crippen molar-refractivity contribution in [2.24, 2.45) is 17.1 Å². The fourth-order valence-corrected chi connectivity index (χ4v) is 1.57. The van der Waals surface area contributed by atoms with E-state index in [1.165, 1.54) is 0 Å². The molecule has 1 amide bonds. The Morgan fingerprint density at radius 1 is 1.60 bits per heavy atom. The molecule has 1 saturated carbocycles. The highest BCUT2D eigenvalue weighted by Gasteiger charge is 2.42. The van der Waals surface area contributed by atoms with Gasteiger partial charge in [-0.1, -0.05) is 6.92 Å². The van der Waals surface area contributed by atoms with Gasteiger partial charge in [0, 0.05) is 17.9 Å². The van der Waals surface area contributed by atoms with Crippen LogP contribution in [0.4, 0.5) is 0 Å². The molecular formula is C11H22N2O2. The molecule has 1 aliphatic carbocycles. The van der Waals surface area contributed by atoms with Crippen molar-refractivity contribution in [3.63, 3.8) is 0 Å². The molecule has 0 aromatic carbocycles. The second-order valence-electron chi connectivity index (χ2n) is 4.71. The van der Waals surface area contributed by atoms with E-state index in [1.807, 2.05) is 6.92 Å². The SMILES string of the molecule is CC(CCCN)C(=O)NCC1(CO)CC1. The van der Waals surface area contributed by atoms with Crippen molar-refractivity contribution in [1.82, 2.24) is 5.32 Å². The molecule has 1 atom stereocenters. The van der Waals surface area contributed by atoms with Gasteiger partial charge in [0.2, 0.25) is 5.91 Å². The number of aliphatic hydroxyl groups is 1. The van der Waals surface area contributed by atoms with Gasteiger partial charge in [-0.25, -0.2) is 0 Å². The van der Waals surface area contributed by atoms with E-state index in [0.29, 0.717) is 13.1 Å². The van der Waals surface area contributed by atoms with Crippen molar-refractivity contribution in [3.05, 3.63) is 0 Å². The largest absolute Gasteiger partial charge is 0.396 e. The summed E-state index contributed by atoms with van der Waals surface area (Å²) in [6, 6.07) is 0. The number of aliphatic hydroxyl groups excluding tert-OH is 1. The van der Waals surface area contributed by atoms with Crippen LogP contribution in [0.2, 0.25) is 0 Å². The highest BCUT2D eigenvalue weighted by atomic mass is 16.3. The predicted octanol–water partition coefficient (Wildman–Crippen LogP) is 0.250. The molecule has 4 nitrogen and oxygen atoms in total. The third-order valence-electron chi connectivity index (χ3n) is 3.22. The minimum atomic E-state index is 0.00322. The predicted molar refractivity (Wildman–Crippen MR) is 59.2 cm³/mol. The topological polar surface area (TPSA) is 75.4 Å². The van der Waals surface area contributed by atoms with E-state index in [1.54, 1.807) is 0 Å². The molecule has 0 aromatic heterocycles. The molecule has 1 unspecified atom stereocenters. The monoisotopic (exact) mass is 214 g/mol. The van der Waals surface area contributed by atoms with E-state index in [4.69, 9.17) is 10.8 Å². The van der Waals surface area contributed by atoms with Gasteiger partial charge in [0.05, 0.1) is 6.61 Å². The van der Waals surface area contributed by atoms with Crippen LogP contribution in [0.5, 0.6) is 0 Å². The summed E-state index contributed by atoms with van der Waals surface area (Å²) in [5, 5.41) is 12.0. The molecule has 0 aliphatic heterocycles. The average molecular weight is 214 g/mol. The number of hydrogen-bond donors (Lipinski definition) is 3. The lowest BCUT2D eigenvalue weighted by Gasteiger charge is -2.15. The number of carbonyl (C=O) groups is 1. The van der Waals surface area contributed by atoms with Crippen molar-refractivity contribution in [2.45, 2.75) is 32.6 Å². The number of nitrogens with one attached hydrogen (secondary N) is 1. The van der Waals surface area contributed by atoms with E-state index < -0.39 is 0 Å². The summed E-state index contributed by atoms with van der Waals surface area (Å²) in [6.45, 7) is 3.36. The van der Waals surface area contributed by atoms with Gasteiger partial charge in [0.25, 0.3) is 0 Å². The standard InChI is InChI=1S/C11H22N2O2/c1-9(3-2-6-12)10(15)13-7-11(8-14)4-5-11/h9,14H,2-8,12H2,1H3,(H,13,15). The quantitative estimate of drug-likeness (QED) is 0.568. The maximum atomic E-state index is 11.6. The van der Waals surface area contributed by atoms with Crippen LogP contribution >= 0.6 is 0 Å². The first kappa shape index (κ1) is 12.5. The van der Waals surface area contributed by atoms with Crippen molar-refractivity contribution in [2.75, 3.05) is 19.7 Å². The second kappa shape index (κ2) is 5.47. The first-order valence-electron chi connectivity index (χ1n) is 5.72. The van der Waals surface area contributed by atoms with Gasteiger partial charge in [0.1, 0.15) is 0 Å². The lowest BCUT2D eigenvalue weighted by Crippen LogP contribution is -2.35. The van der Waals surface area contributed by atoms with Crippen LogP contribution in [0.25, 0.3) is 0 Å². The summed E-state index contributed by atoms with van der Waals surface area (Å²) >= 11 is 0. The number of rotatable bonds is 7. The van der Waals surface area contributed by atoms with Crippen molar-refractivity contribution in [1.29, 1.82) is 0 Å². The molecule has 4 N–H and O–H groups in total. The Morgan fingerprint density at radius 2 is 2.27 bits per heavy atom. The van der Waals surface area contributed by atoms with Crippen LogP contribution in [0.15, 0.2) is 0 Å². The third-order valence-corrected chi connectivity index (χ3v) is 3.22. The smallest absolute Gasteiger partial charge is 0.222 e. The molecule has 1 rings (SSSR count). The number of hydrogen-bond acceptors (Lipinski definition) is 3. The molecule has 0 aromatic rings. The molecule has 0 bridgehead atoms. The number of carbonyl (C=O) groups excluding carboxylic acids is 1. The minimum Gasteiger partial charge on any atom is -0.396 e. The fraction of sp³-hybridized carbons (Fsp3) is 0.909. The normalized spacial score (nSPS) is 19.7. The molecule has 1 aliphatic rings. The molecule has 15 heavy (non-hydrogen) atoms. The van der Waals surface area contributed by atoms with Crippen molar-refractivity contribution >= 4 is 5.91 Å². The van der Waals surface area contributed by atoms with Crippen LogP contribution in [0.3, 0.4) is 0 Å². The van der Waals surface area contributed by atoms with Gasteiger partial charge in [-0.3, -0.25) is 4.79 Å². The second-order valence-corrected chi connectivity index (χ2v) is 4.71. The van der Waals surface area contributed by atoms with Gasteiger partial charge in [-0.05, 0) is 32.2 Å². The zero-order valence-electron chi connectivity index (χ0n) is 9.46. The van der Waals surface area contributed by atoms with Crippen LogP contribution in [0, 0.1) is 11.3 Å². The first-order valence-corrected chi connectivity index (χ1v) is 5.72. The summed E-state index contributed by atoms with van der Waals surface area (Å²) in [7, 11) is 0. The Bertz CT molecular complexity index is 215. The summed E-state index contributed by atoms with van der Waals surface area (Å²) < 4.78 is 0. The Labute approximate surface area is 91.2 Å². The van der Waals surface area contributed by atoms with Crippen LogP contribution < -0.4 is 11.1 Å². The molecule has 4 heteroatoms. The molecule has 0 spiro atoms. The Hall–Kier alpha value is -0.610. The Balaban J connectivity index is 2.17. The van der Waals surface area contributed by atoms with Crippen molar-refractivity contribution < 1.29 is 9.90 Å². The van der Waals surface area contributed by atoms with E-state index in [-0.39, 0.29) is 23.8 Å². The molecule has 0 heterocycles. The molecular weight excluding hydrogens is 192 g/mol. The lowest BCUT2D eigenvalue weighted by atomic mass is 10.0. The van der Waals surface area contributed by atoms with E-state index in [2.05, 4.69) is 5.32 Å². The zero-order valence-corrected chi connectivity index (χ0v) is 9.46. The van der Waals surface area contributed by atoms with Crippen LogP contribution in [0.1, 0.15) is 32.6 Å². The Kier molecular flexibility index (Phi) is 4.54. The van der Waals surface area contributed by atoms with Crippen LogP contribution in [-0.4, -0.2) is 30.7 Å². The molecule has 0 radical (unpaired) electrons. The van der Waals surface area contributed by atoms with Gasteiger partial charge in [0.15, 0.2) is 0 Å². The number of amides is 1. The first-order chi connectivity index (χ1) is 7.13. The van der Waals surface area contributed by atoms with Gasteiger partial charge < -0.3 is 16.2 Å². The highest BCUT2D eigenvalue weighted by molar-refractivity contribution is 5.78. The summed E-state index contributed by atoms with van der Waals surface area (Å²) in [4.78, 5) is 11.6. The van der Waals surface area contributed by atoms with Crippen LogP contribution in [-0.2, 0) is 4.79 Å². The minimum absolute atomic E-state index is 0.00322. The fourth-order valence-electron chi connectivity index (χ4n) is 1.57. The maximum Gasteiger partial charge on any atom is 0.222 e.